The Balaban J connectivity index is 1.42. The number of hydrogen-bond donors (Lipinski definition) is 1. The number of amides is 1. The minimum Gasteiger partial charge on any atom is -0.340 e. The number of hydrogen-bond acceptors (Lipinski definition) is 4. The average molecular weight is 425 g/mol. The SMILES string of the molecule is Cc1ccc(NC(=O)[C@H]2CCCN(c3ncc(-c4ccc(F)cc4)cn3)C2)cc1Cl. The van der Waals surface area contributed by atoms with Crippen molar-refractivity contribution in [1.29, 1.82) is 0 Å². The molecule has 154 valence electrons. The number of nitrogens with one attached hydrogen (secondary N) is 1. The molecule has 1 aromatic heterocycles. The first-order valence-electron chi connectivity index (χ1n) is 9.89. The summed E-state index contributed by atoms with van der Waals surface area (Å²) in [5.74, 6) is 0.139. The zero-order chi connectivity index (χ0) is 21.1. The summed E-state index contributed by atoms with van der Waals surface area (Å²) in [4.78, 5) is 23.7. The highest BCUT2D eigenvalue weighted by Crippen LogP contribution is 2.25. The van der Waals surface area contributed by atoms with Gasteiger partial charge in [0.05, 0.1) is 5.92 Å². The maximum atomic E-state index is 13.1. The smallest absolute Gasteiger partial charge is 0.229 e. The van der Waals surface area contributed by atoms with Crippen LogP contribution < -0.4 is 10.2 Å². The third-order valence-electron chi connectivity index (χ3n) is 5.33. The number of benzene rings is 2. The minimum atomic E-state index is -0.276. The van der Waals surface area contributed by atoms with Crippen LogP contribution >= 0.6 is 11.6 Å². The topological polar surface area (TPSA) is 58.1 Å². The van der Waals surface area contributed by atoms with Crippen molar-refractivity contribution in [2.24, 2.45) is 5.92 Å². The number of aromatic nitrogens is 2. The van der Waals surface area contributed by atoms with Crippen LogP contribution in [-0.4, -0.2) is 29.0 Å². The molecule has 2 heterocycles. The Morgan fingerprint density at radius 3 is 2.57 bits per heavy atom. The fourth-order valence-corrected chi connectivity index (χ4v) is 3.74. The van der Waals surface area contributed by atoms with Crippen molar-refractivity contribution in [3.63, 3.8) is 0 Å². The van der Waals surface area contributed by atoms with E-state index in [1.165, 1.54) is 12.1 Å². The summed E-state index contributed by atoms with van der Waals surface area (Å²) in [7, 11) is 0. The molecule has 3 aromatic rings. The first kappa shape index (κ1) is 20.3. The Morgan fingerprint density at radius 1 is 1.13 bits per heavy atom. The number of nitrogens with zero attached hydrogens (tertiary/aromatic N) is 3. The van der Waals surface area contributed by atoms with Crippen LogP contribution in [0.15, 0.2) is 54.9 Å². The summed E-state index contributed by atoms with van der Waals surface area (Å²) in [6.45, 7) is 3.28. The molecule has 7 heteroatoms. The Hall–Kier alpha value is -2.99. The van der Waals surface area contributed by atoms with Crippen LogP contribution in [0.3, 0.4) is 0 Å². The zero-order valence-electron chi connectivity index (χ0n) is 16.6. The van der Waals surface area contributed by atoms with E-state index in [2.05, 4.69) is 15.3 Å². The van der Waals surface area contributed by atoms with Gasteiger partial charge >= 0.3 is 0 Å². The molecule has 1 amide bonds. The fraction of sp³-hybridized carbons (Fsp3) is 0.261. The largest absolute Gasteiger partial charge is 0.340 e. The molecule has 4 rings (SSSR count). The maximum absolute atomic E-state index is 13.1. The van der Waals surface area contributed by atoms with Gasteiger partial charge in [0.25, 0.3) is 0 Å². The van der Waals surface area contributed by atoms with Crippen LogP contribution in [0, 0.1) is 18.7 Å². The van der Waals surface area contributed by atoms with Gasteiger partial charge in [-0.25, -0.2) is 14.4 Å². The van der Waals surface area contributed by atoms with Crippen LogP contribution in [0.1, 0.15) is 18.4 Å². The van der Waals surface area contributed by atoms with Crippen LogP contribution in [0.25, 0.3) is 11.1 Å². The molecule has 1 aliphatic rings. The van der Waals surface area contributed by atoms with Gasteiger partial charge in [-0.15, -0.1) is 0 Å². The number of anilines is 2. The first-order chi connectivity index (χ1) is 14.5. The highest BCUT2D eigenvalue weighted by atomic mass is 35.5. The van der Waals surface area contributed by atoms with E-state index in [0.29, 0.717) is 23.2 Å². The third-order valence-corrected chi connectivity index (χ3v) is 5.74. The van der Waals surface area contributed by atoms with Gasteiger partial charge in [-0.2, -0.15) is 0 Å². The molecule has 30 heavy (non-hydrogen) atoms. The summed E-state index contributed by atoms with van der Waals surface area (Å²) in [6, 6.07) is 11.8. The van der Waals surface area contributed by atoms with Gasteiger partial charge in [0.2, 0.25) is 11.9 Å². The molecule has 0 unspecified atom stereocenters. The lowest BCUT2D eigenvalue weighted by atomic mass is 9.97. The molecule has 1 N–H and O–H groups in total. The molecule has 5 nitrogen and oxygen atoms in total. The number of piperidine rings is 1. The Kier molecular flexibility index (Phi) is 5.95. The summed E-state index contributed by atoms with van der Waals surface area (Å²) in [5, 5.41) is 3.60. The van der Waals surface area contributed by atoms with Crippen LogP contribution in [-0.2, 0) is 4.79 Å². The van der Waals surface area contributed by atoms with Crippen LogP contribution in [0.2, 0.25) is 5.02 Å². The lowest BCUT2D eigenvalue weighted by Gasteiger charge is -2.32. The maximum Gasteiger partial charge on any atom is 0.229 e. The van der Waals surface area contributed by atoms with Crippen molar-refractivity contribution in [3.8, 4) is 11.1 Å². The Bertz CT molecular complexity index is 1040. The summed E-state index contributed by atoms with van der Waals surface area (Å²) in [5.41, 5.74) is 3.35. The van der Waals surface area contributed by atoms with Crippen molar-refractivity contribution < 1.29 is 9.18 Å². The van der Waals surface area contributed by atoms with E-state index >= 15 is 0 Å². The molecule has 2 aromatic carbocycles. The van der Waals surface area contributed by atoms with E-state index < -0.39 is 0 Å². The van der Waals surface area contributed by atoms with Crippen molar-refractivity contribution in [2.45, 2.75) is 19.8 Å². The average Bonchev–Trinajstić information content (AvgIpc) is 2.77. The van der Waals surface area contributed by atoms with Gasteiger partial charge in [0.1, 0.15) is 5.82 Å². The molecule has 1 atom stereocenters. The first-order valence-corrected chi connectivity index (χ1v) is 10.3. The normalized spacial score (nSPS) is 16.4. The van der Waals surface area contributed by atoms with Gasteiger partial charge in [0.15, 0.2) is 0 Å². The van der Waals surface area contributed by atoms with Crippen molar-refractivity contribution in [1.82, 2.24) is 9.97 Å². The number of carbonyl (C=O) groups excluding carboxylic acids is 1. The monoisotopic (exact) mass is 424 g/mol. The lowest BCUT2D eigenvalue weighted by molar-refractivity contribution is -0.120. The lowest BCUT2D eigenvalue weighted by Crippen LogP contribution is -2.41. The molecular weight excluding hydrogens is 403 g/mol. The third kappa shape index (κ3) is 4.60. The van der Waals surface area contributed by atoms with Crippen molar-refractivity contribution >= 4 is 29.1 Å². The minimum absolute atomic E-state index is 0.0254. The van der Waals surface area contributed by atoms with E-state index in [9.17, 15) is 9.18 Å². The second-order valence-electron chi connectivity index (χ2n) is 7.52. The van der Waals surface area contributed by atoms with Crippen molar-refractivity contribution in [3.05, 3.63) is 71.3 Å². The predicted octanol–water partition coefficient (Wildman–Crippen LogP) is 5.10. The number of carbonyl (C=O) groups is 1. The van der Waals surface area contributed by atoms with E-state index in [-0.39, 0.29) is 17.6 Å². The molecule has 0 spiro atoms. The number of rotatable bonds is 4. The quantitative estimate of drug-likeness (QED) is 0.633. The van der Waals surface area contributed by atoms with Gasteiger partial charge in [-0.1, -0.05) is 29.8 Å². The van der Waals surface area contributed by atoms with Crippen molar-refractivity contribution in [2.75, 3.05) is 23.3 Å². The predicted molar refractivity (Wildman–Crippen MR) is 117 cm³/mol. The molecule has 0 saturated carbocycles. The van der Waals surface area contributed by atoms with Gasteiger partial charge < -0.3 is 10.2 Å². The molecule has 0 bridgehead atoms. The van der Waals surface area contributed by atoms with E-state index in [4.69, 9.17) is 11.6 Å². The van der Waals surface area contributed by atoms with E-state index in [1.807, 2.05) is 24.0 Å². The number of halogens is 2. The molecule has 0 aliphatic carbocycles. The Labute approximate surface area is 179 Å². The van der Waals surface area contributed by atoms with Gasteiger partial charge in [-0.3, -0.25) is 4.79 Å². The van der Waals surface area contributed by atoms with Gasteiger partial charge in [-0.05, 0) is 55.2 Å². The summed E-state index contributed by atoms with van der Waals surface area (Å²) in [6.07, 6.45) is 5.16. The van der Waals surface area contributed by atoms with Crippen LogP contribution in [0.5, 0.6) is 0 Å². The second-order valence-corrected chi connectivity index (χ2v) is 7.92. The zero-order valence-corrected chi connectivity index (χ0v) is 17.4. The highest BCUT2D eigenvalue weighted by Gasteiger charge is 2.27. The fourth-order valence-electron chi connectivity index (χ4n) is 3.56. The summed E-state index contributed by atoms with van der Waals surface area (Å²) >= 11 is 6.16. The van der Waals surface area contributed by atoms with Gasteiger partial charge in [0, 0.05) is 41.8 Å². The molecular formula is C23H22ClFN4O. The standard InChI is InChI=1S/C23H22ClFN4O/c1-15-4-9-20(11-21(15)24)28-22(30)17-3-2-10-29(14-17)23-26-12-18(13-27-23)16-5-7-19(25)8-6-16/h4-9,11-13,17H,2-3,10,14H2,1H3,(H,28,30)/t17-/m0/s1. The molecule has 1 aliphatic heterocycles. The molecule has 1 saturated heterocycles. The van der Waals surface area contributed by atoms with Crippen LogP contribution in [0.4, 0.5) is 16.0 Å². The van der Waals surface area contributed by atoms with E-state index in [1.54, 1.807) is 30.6 Å². The van der Waals surface area contributed by atoms with E-state index in [0.717, 1.165) is 36.1 Å². The molecule has 1 fully saturated rings. The molecule has 0 radical (unpaired) electrons. The second kappa shape index (κ2) is 8.79. The number of aryl methyl sites for hydroxylation is 1. The Morgan fingerprint density at radius 2 is 1.87 bits per heavy atom. The highest BCUT2D eigenvalue weighted by molar-refractivity contribution is 6.31. The summed E-state index contributed by atoms with van der Waals surface area (Å²) < 4.78 is 13.1.